The monoisotopic (exact) mass is 222 g/mol. The lowest BCUT2D eigenvalue weighted by molar-refractivity contribution is 0.102. The molecule has 0 aromatic carbocycles. The zero-order chi connectivity index (χ0) is 11.0. The summed E-state index contributed by atoms with van der Waals surface area (Å²) in [6.07, 6.45) is 3.47. The van der Waals surface area contributed by atoms with Crippen LogP contribution >= 0.6 is 11.3 Å². The summed E-state index contributed by atoms with van der Waals surface area (Å²) in [7, 11) is 1.81. The van der Waals surface area contributed by atoms with Crippen molar-refractivity contribution < 1.29 is 4.79 Å². The van der Waals surface area contributed by atoms with E-state index in [4.69, 9.17) is 5.73 Å². The molecule has 0 radical (unpaired) electrons. The minimum absolute atomic E-state index is 0.0250. The summed E-state index contributed by atoms with van der Waals surface area (Å²) in [5.74, 6) is -0.0250. The van der Waals surface area contributed by atoms with Gasteiger partial charge in [-0.3, -0.25) is 9.48 Å². The molecular formula is C9H10N4OS. The average molecular weight is 222 g/mol. The number of hydrogen-bond acceptors (Lipinski definition) is 5. The minimum atomic E-state index is -0.0250. The topological polar surface area (TPSA) is 73.8 Å². The predicted octanol–water partition coefficient (Wildman–Crippen LogP) is 1.33. The fraction of sp³-hybridized carbons (Fsp3) is 0.222. The second-order valence-electron chi connectivity index (χ2n) is 3.19. The van der Waals surface area contributed by atoms with Crippen molar-refractivity contribution in [1.82, 2.24) is 14.8 Å². The fourth-order valence-electron chi connectivity index (χ4n) is 1.31. The Hall–Kier alpha value is -1.69. The van der Waals surface area contributed by atoms with Crippen LogP contribution in [0.4, 0.5) is 5.13 Å². The first-order valence-electron chi connectivity index (χ1n) is 4.34. The Morgan fingerprint density at radius 3 is 2.87 bits per heavy atom. The van der Waals surface area contributed by atoms with E-state index < -0.39 is 0 Å². The molecule has 78 valence electrons. The van der Waals surface area contributed by atoms with Crippen molar-refractivity contribution in [1.29, 1.82) is 0 Å². The van der Waals surface area contributed by atoms with E-state index in [0.717, 1.165) is 5.56 Å². The molecule has 2 rings (SSSR count). The molecule has 6 heteroatoms. The number of thiazole rings is 1. The van der Waals surface area contributed by atoms with Gasteiger partial charge in [0.25, 0.3) is 0 Å². The van der Waals surface area contributed by atoms with Crippen LogP contribution in [0.1, 0.15) is 16.6 Å². The molecule has 5 nitrogen and oxygen atoms in total. The van der Waals surface area contributed by atoms with Crippen LogP contribution in [0.3, 0.4) is 0 Å². The van der Waals surface area contributed by atoms with Gasteiger partial charge in [0.05, 0.1) is 16.8 Å². The lowest BCUT2D eigenvalue weighted by Crippen LogP contribution is -1.91. The summed E-state index contributed by atoms with van der Waals surface area (Å²) in [5, 5.41) is 4.43. The molecule has 2 heterocycles. The third-order valence-corrected chi connectivity index (χ3v) is 2.93. The Morgan fingerprint density at radius 1 is 1.60 bits per heavy atom. The van der Waals surface area contributed by atoms with Crippen LogP contribution in [-0.4, -0.2) is 20.5 Å². The molecule has 2 aromatic heterocycles. The minimum Gasteiger partial charge on any atom is -0.375 e. The number of carbonyl (C=O) groups is 1. The predicted molar refractivity (Wildman–Crippen MR) is 58.7 cm³/mol. The van der Waals surface area contributed by atoms with E-state index in [2.05, 4.69) is 10.1 Å². The quantitative estimate of drug-likeness (QED) is 0.778. The first kappa shape index (κ1) is 9.85. The molecule has 0 bridgehead atoms. The summed E-state index contributed by atoms with van der Waals surface area (Å²) >= 11 is 1.21. The van der Waals surface area contributed by atoms with Gasteiger partial charge in [-0.25, -0.2) is 4.98 Å². The van der Waals surface area contributed by atoms with Gasteiger partial charge >= 0.3 is 0 Å². The lowest BCUT2D eigenvalue weighted by Gasteiger charge is -1.93. The SMILES string of the molecule is CC(=O)c1sc(N)nc1-c1cnn(C)c1. The van der Waals surface area contributed by atoms with Crippen molar-refractivity contribution in [3.05, 3.63) is 17.3 Å². The van der Waals surface area contributed by atoms with Crippen LogP contribution in [0.5, 0.6) is 0 Å². The van der Waals surface area contributed by atoms with Crippen LogP contribution in [0.15, 0.2) is 12.4 Å². The maximum Gasteiger partial charge on any atom is 0.181 e. The maximum atomic E-state index is 11.3. The molecule has 0 spiro atoms. The molecule has 0 fully saturated rings. The van der Waals surface area contributed by atoms with Gasteiger partial charge in [0.1, 0.15) is 0 Å². The van der Waals surface area contributed by atoms with Gasteiger partial charge in [0.15, 0.2) is 10.9 Å². The second-order valence-corrected chi connectivity index (χ2v) is 4.22. The van der Waals surface area contributed by atoms with E-state index in [1.165, 1.54) is 18.3 Å². The Balaban J connectivity index is 2.56. The number of nitrogens with two attached hydrogens (primary N) is 1. The van der Waals surface area contributed by atoms with Crippen LogP contribution in [0.2, 0.25) is 0 Å². The summed E-state index contributed by atoms with van der Waals surface area (Å²) in [5.41, 5.74) is 7.03. The standard InChI is InChI=1S/C9H10N4OS/c1-5(14)8-7(12-9(10)15-8)6-3-11-13(2)4-6/h3-4H,1-2H3,(H2,10,12). The van der Waals surface area contributed by atoms with Crippen LogP contribution in [-0.2, 0) is 7.05 Å². The van der Waals surface area contributed by atoms with Crippen molar-refractivity contribution in [2.75, 3.05) is 5.73 Å². The summed E-state index contributed by atoms with van der Waals surface area (Å²) < 4.78 is 1.66. The summed E-state index contributed by atoms with van der Waals surface area (Å²) in [6, 6.07) is 0. The van der Waals surface area contributed by atoms with Crippen molar-refractivity contribution >= 4 is 22.3 Å². The Bertz CT molecular complexity index is 514. The van der Waals surface area contributed by atoms with Crippen molar-refractivity contribution in [3.63, 3.8) is 0 Å². The van der Waals surface area contributed by atoms with Crippen LogP contribution in [0.25, 0.3) is 11.3 Å². The number of aromatic nitrogens is 3. The molecule has 0 amide bonds. The summed E-state index contributed by atoms with van der Waals surface area (Å²) in [6.45, 7) is 1.51. The molecule has 0 aliphatic heterocycles. The molecule has 15 heavy (non-hydrogen) atoms. The van der Waals surface area contributed by atoms with E-state index >= 15 is 0 Å². The number of hydrogen-bond donors (Lipinski definition) is 1. The molecule has 0 unspecified atom stereocenters. The highest BCUT2D eigenvalue weighted by atomic mass is 32.1. The number of nitrogen functional groups attached to an aromatic ring is 1. The van der Waals surface area contributed by atoms with Gasteiger partial charge in [-0.15, -0.1) is 0 Å². The van der Waals surface area contributed by atoms with Gasteiger partial charge in [-0.05, 0) is 0 Å². The zero-order valence-corrected chi connectivity index (χ0v) is 9.21. The number of ketones is 1. The number of rotatable bonds is 2. The van der Waals surface area contributed by atoms with E-state index in [1.54, 1.807) is 17.1 Å². The molecule has 0 atom stereocenters. The zero-order valence-electron chi connectivity index (χ0n) is 8.39. The van der Waals surface area contributed by atoms with Gasteiger partial charge in [-0.2, -0.15) is 5.10 Å². The Morgan fingerprint density at radius 2 is 2.33 bits per heavy atom. The number of Topliss-reactive ketones (excluding diaryl/α,β-unsaturated/α-hetero) is 1. The van der Waals surface area contributed by atoms with Gasteiger partial charge in [0.2, 0.25) is 0 Å². The number of aryl methyl sites for hydroxylation is 1. The first-order chi connectivity index (χ1) is 7.08. The highest BCUT2D eigenvalue weighted by molar-refractivity contribution is 7.17. The molecule has 2 N–H and O–H groups in total. The normalized spacial score (nSPS) is 10.5. The highest BCUT2D eigenvalue weighted by Gasteiger charge is 2.16. The summed E-state index contributed by atoms with van der Waals surface area (Å²) in [4.78, 5) is 16.1. The molecule has 0 saturated carbocycles. The largest absolute Gasteiger partial charge is 0.375 e. The maximum absolute atomic E-state index is 11.3. The van der Waals surface area contributed by atoms with Gasteiger partial charge in [-0.1, -0.05) is 11.3 Å². The molecule has 2 aromatic rings. The number of nitrogens with zero attached hydrogens (tertiary/aromatic N) is 3. The molecule has 0 saturated heterocycles. The second kappa shape index (κ2) is 3.47. The lowest BCUT2D eigenvalue weighted by atomic mass is 10.2. The highest BCUT2D eigenvalue weighted by Crippen LogP contribution is 2.29. The Kier molecular flexibility index (Phi) is 2.28. The van der Waals surface area contributed by atoms with Crippen molar-refractivity contribution in [2.24, 2.45) is 7.05 Å². The number of carbonyl (C=O) groups excluding carboxylic acids is 1. The first-order valence-corrected chi connectivity index (χ1v) is 5.16. The molecule has 0 aliphatic carbocycles. The third-order valence-electron chi connectivity index (χ3n) is 1.94. The van der Waals surface area contributed by atoms with Crippen LogP contribution < -0.4 is 5.73 Å². The molecule has 0 aliphatic rings. The Labute approximate surface area is 90.6 Å². The van der Waals surface area contributed by atoms with E-state index in [0.29, 0.717) is 15.7 Å². The van der Waals surface area contributed by atoms with Crippen molar-refractivity contribution in [2.45, 2.75) is 6.92 Å². The number of anilines is 1. The third kappa shape index (κ3) is 1.75. The smallest absolute Gasteiger partial charge is 0.181 e. The van der Waals surface area contributed by atoms with Crippen molar-refractivity contribution in [3.8, 4) is 11.3 Å². The van der Waals surface area contributed by atoms with Crippen LogP contribution in [0, 0.1) is 0 Å². The average Bonchev–Trinajstić information content (AvgIpc) is 2.71. The van der Waals surface area contributed by atoms with E-state index in [9.17, 15) is 4.79 Å². The van der Waals surface area contributed by atoms with E-state index in [1.807, 2.05) is 7.05 Å². The fourth-order valence-corrected chi connectivity index (χ4v) is 2.06. The van der Waals surface area contributed by atoms with E-state index in [-0.39, 0.29) is 5.78 Å². The van der Waals surface area contributed by atoms with Gasteiger partial charge < -0.3 is 5.73 Å². The van der Waals surface area contributed by atoms with Gasteiger partial charge in [0, 0.05) is 25.7 Å². The molecular weight excluding hydrogens is 212 g/mol.